The number of hydrogen-bond acceptors (Lipinski definition) is 9. The molecule has 0 saturated carbocycles. The van der Waals surface area contributed by atoms with Gasteiger partial charge in [0.1, 0.15) is 17.4 Å². The molecule has 1 aliphatic heterocycles. The van der Waals surface area contributed by atoms with E-state index in [1.54, 1.807) is 6.92 Å². The largest absolute Gasteiger partial charge is 0.755 e. The molecular formula is C21H18FN2O7S3-. The summed E-state index contributed by atoms with van der Waals surface area (Å²) < 4.78 is 75.4. The normalized spacial score (nSPS) is 16.7. The fourth-order valence-electron chi connectivity index (χ4n) is 3.53. The van der Waals surface area contributed by atoms with E-state index in [1.807, 2.05) is 0 Å². The monoisotopic (exact) mass is 525 g/mol. The molecule has 0 N–H and O–H groups in total. The van der Waals surface area contributed by atoms with Crippen LogP contribution in [0.1, 0.15) is 11.1 Å². The maximum atomic E-state index is 13.8. The minimum atomic E-state index is -3.93. The highest BCUT2D eigenvalue weighted by atomic mass is 32.2. The predicted molar refractivity (Wildman–Crippen MR) is 125 cm³/mol. The number of ether oxygens (including phenoxy) is 2. The van der Waals surface area contributed by atoms with E-state index in [1.165, 1.54) is 43.5 Å². The van der Waals surface area contributed by atoms with Gasteiger partial charge in [-0.2, -0.15) is 0 Å². The first kappa shape index (κ1) is 24.3. The van der Waals surface area contributed by atoms with Crippen LogP contribution in [0.2, 0.25) is 0 Å². The molecule has 0 amide bonds. The highest BCUT2D eigenvalue weighted by molar-refractivity contribution is 7.91. The Labute approximate surface area is 201 Å². The second kappa shape index (κ2) is 9.06. The van der Waals surface area contributed by atoms with E-state index < -0.39 is 38.9 Å². The molecular weight excluding hydrogens is 507 g/mol. The number of esters is 1. The van der Waals surface area contributed by atoms with Crippen molar-refractivity contribution in [2.45, 2.75) is 17.9 Å². The van der Waals surface area contributed by atoms with E-state index >= 15 is 0 Å². The Kier molecular flexibility index (Phi) is 6.46. The zero-order valence-electron chi connectivity index (χ0n) is 18.1. The molecule has 2 atom stereocenters. The van der Waals surface area contributed by atoms with E-state index in [4.69, 9.17) is 4.74 Å². The summed E-state index contributed by atoms with van der Waals surface area (Å²) >= 11 is -1.81. The average molecular weight is 526 g/mol. The Morgan fingerprint density at radius 3 is 2.71 bits per heavy atom. The summed E-state index contributed by atoms with van der Waals surface area (Å²) in [5.74, 6) is -1.03. The number of aliphatic imine (C=N–C) groups is 1. The predicted octanol–water partition coefficient (Wildman–Crippen LogP) is 3.00. The van der Waals surface area contributed by atoms with E-state index in [-0.39, 0.29) is 33.7 Å². The molecule has 4 rings (SSSR count). The second-order valence-corrected chi connectivity index (χ2v) is 11.2. The van der Waals surface area contributed by atoms with E-state index in [9.17, 15) is 26.4 Å². The summed E-state index contributed by atoms with van der Waals surface area (Å²) in [5.41, 5.74) is 0.622. The van der Waals surface area contributed by atoms with Crippen molar-refractivity contribution in [3.63, 3.8) is 0 Å². The molecule has 2 unspecified atom stereocenters. The van der Waals surface area contributed by atoms with Crippen molar-refractivity contribution in [2.24, 2.45) is 4.99 Å². The van der Waals surface area contributed by atoms with Crippen LogP contribution in [-0.2, 0) is 35.4 Å². The lowest BCUT2D eigenvalue weighted by Gasteiger charge is -2.27. The zero-order chi connectivity index (χ0) is 24.8. The Bertz CT molecular complexity index is 1470. The summed E-state index contributed by atoms with van der Waals surface area (Å²) in [7, 11) is -2.71. The van der Waals surface area contributed by atoms with Crippen molar-refractivity contribution < 1.29 is 35.8 Å². The standard InChI is InChI=1S/C21H19FN2O7S3/c1-11-14-9-13(22)5-7-17(14)32-20(11)24(33(26)27)16-6-4-12(8-18(16)34(3,28)29)19-23-15(10-31-19)21(25)30-2/h4-9,15H,10H2,1-3H3,(H,26,27)/p-1. The first-order chi connectivity index (χ1) is 16.0. The third-order valence-electron chi connectivity index (χ3n) is 5.16. The molecule has 9 nitrogen and oxygen atoms in total. The Morgan fingerprint density at radius 2 is 2.06 bits per heavy atom. The Balaban J connectivity index is 1.87. The van der Waals surface area contributed by atoms with E-state index in [2.05, 4.69) is 9.73 Å². The van der Waals surface area contributed by atoms with Crippen molar-refractivity contribution in [3.05, 3.63) is 53.3 Å². The van der Waals surface area contributed by atoms with Gasteiger partial charge in [-0.05, 0) is 48.9 Å². The molecule has 0 spiro atoms. The van der Waals surface area contributed by atoms with Gasteiger partial charge in [0, 0.05) is 21.9 Å². The summed E-state index contributed by atoms with van der Waals surface area (Å²) in [6, 6.07) is 7.23. The summed E-state index contributed by atoms with van der Waals surface area (Å²) in [5, 5.41) is 0.752. The van der Waals surface area contributed by atoms with Gasteiger partial charge in [-0.15, -0.1) is 11.3 Å². The van der Waals surface area contributed by atoms with Gasteiger partial charge in [0.05, 0.1) is 29.0 Å². The van der Waals surface area contributed by atoms with Gasteiger partial charge in [0.2, 0.25) is 5.90 Å². The van der Waals surface area contributed by atoms with Crippen molar-refractivity contribution in [2.75, 3.05) is 24.3 Å². The van der Waals surface area contributed by atoms with Crippen molar-refractivity contribution >= 4 is 65.1 Å². The third kappa shape index (κ3) is 4.43. The van der Waals surface area contributed by atoms with Crippen LogP contribution in [0.25, 0.3) is 10.1 Å². The molecule has 13 heteroatoms. The Morgan fingerprint density at radius 1 is 1.32 bits per heavy atom. The fourth-order valence-corrected chi connectivity index (χ4v) is 6.47. The molecule has 180 valence electrons. The average Bonchev–Trinajstić information content (AvgIpc) is 3.39. The van der Waals surface area contributed by atoms with Crippen LogP contribution in [0.3, 0.4) is 0 Å². The lowest BCUT2D eigenvalue weighted by atomic mass is 10.1. The molecule has 2 heterocycles. The number of methoxy groups -OCH3 is 1. The van der Waals surface area contributed by atoms with Crippen LogP contribution in [0.15, 0.2) is 46.3 Å². The SMILES string of the molecule is COC(=O)C1COC(c2ccc(N(c3sc4ccc(F)cc4c3C)S(=O)[O-])c(S(C)(=O)=O)c2)=N1. The van der Waals surface area contributed by atoms with Crippen molar-refractivity contribution in [1.29, 1.82) is 0 Å². The molecule has 0 fully saturated rings. The Hall–Kier alpha value is -2.87. The number of halogens is 1. The van der Waals surface area contributed by atoms with E-state index in [0.717, 1.165) is 21.9 Å². The van der Waals surface area contributed by atoms with Gasteiger partial charge in [0.25, 0.3) is 0 Å². The van der Waals surface area contributed by atoms with Crippen molar-refractivity contribution in [3.8, 4) is 0 Å². The van der Waals surface area contributed by atoms with Crippen LogP contribution >= 0.6 is 11.3 Å². The molecule has 2 aromatic carbocycles. The van der Waals surface area contributed by atoms with Gasteiger partial charge < -0.3 is 14.0 Å². The van der Waals surface area contributed by atoms with Gasteiger partial charge in [-0.3, -0.25) is 8.51 Å². The van der Waals surface area contributed by atoms with Gasteiger partial charge in [-0.25, -0.2) is 22.6 Å². The number of anilines is 2. The maximum Gasteiger partial charge on any atom is 0.334 e. The molecule has 0 radical (unpaired) electrons. The zero-order valence-corrected chi connectivity index (χ0v) is 20.6. The highest BCUT2D eigenvalue weighted by Crippen LogP contribution is 2.43. The molecule has 0 saturated heterocycles. The second-order valence-electron chi connectivity index (χ2n) is 7.42. The fraction of sp³-hybridized carbons (Fsp3) is 0.238. The quantitative estimate of drug-likeness (QED) is 0.358. The lowest BCUT2D eigenvalue weighted by Crippen LogP contribution is -2.22. The number of fused-ring (bicyclic) bond motifs is 1. The number of nitrogens with zero attached hydrogens (tertiary/aromatic N) is 2. The number of aryl methyl sites for hydroxylation is 1. The van der Waals surface area contributed by atoms with Crippen LogP contribution in [0.4, 0.5) is 15.1 Å². The minimum absolute atomic E-state index is 0.0372. The maximum absolute atomic E-state index is 13.8. The summed E-state index contributed by atoms with van der Waals surface area (Å²) in [6.45, 7) is 1.57. The smallest absolute Gasteiger partial charge is 0.334 e. The molecule has 1 aliphatic rings. The molecule has 0 aliphatic carbocycles. The first-order valence-corrected chi connectivity index (χ1v) is 13.5. The first-order valence-electron chi connectivity index (χ1n) is 9.72. The number of hydrogen-bond donors (Lipinski definition) is 0. The molecule has 0 bridgehead atoms. The summed E-state index contributed by atoms with van der Waals surface area (Å²) in [4.78, 5) is 15.6. The van der Waals surface area contributed by atoms with Crippen LogP contribution < -0.4 is 4.31 Å². The van der Waals surface area contributed by atoms with Gasteiger partial charge >= 0.3 is 5.97 Å². The van der Waals surface area contributed by atoms with Crippen LogP contribution in [-0.4, -0.2) is 55.1 Å². The van der Waals surface area contributed by atoms with E-state index in [0.29, 0.717) is 15.6 Å². The van der Waals surface area contributed by atoms with Crippen LogP contribution in [0.5, 0.6) is 0 Å². The lowest BCUT2D eigenvalue weighted by molar-refractivity contribution is -0.142. The highest BCUT2D eigenvalue weighted by Gasteiger charge is 2.30. The number of thiophene rings is 1. The van der Waals surface area contributed by atoms with Gasteiger partial charge in [-0.1, -0.05) is 0 Å². The van der Waals surface area contributed by atoms with Crippen molar-refractivity contribution in [1.82, 2.24) is 0 Å². The summed E-state index contributed by atoms with van der Waals surface area (Å²) in [6.07, 6.45) is 0.948. The van der Waals surface area contributed by atoms with Gasteiger partial charge in [0.15, 0.2) is 15.9 Å². The number of sulfone groups is 1. The number of benzene rings is 2. The number of rotatable bonds is 6. The number of carbonyl (C=O) groups is 1. The molecule has 3 aromatic rings. The van der Waals surface area contributed by atoms with Crippen LogP contribution in [0, 0.1) is 12.7 Å². The number of carbonyl (C=O) groups excluding carboxylic acids is 1. The minimum Gasteiger partial charge on any atom is -0.755 e. The molecule has 34 heavy (non-hydrogen) atoms. The topological polar surface area (TPSA) is 125 Å². The molecule has 1 aromatic heterocycles. The third-order valence-corrected chi connectivity index (χ3v) is 8.33.